The highest BCUT2D eigenvalue weighted by Crippen LogP contribution is 2.36. The number of hydrogen-bond donors (Lipinski definition) is 1. The van der Waals surface area contributed by atoms with Gasteiger partial charge in [-0.1, -0.05) is 54.1 Å². The molecule has 1 fully saturated rings. The molecule has 0 unspecified atom stereocenters. The molecule has 1 N–H and O–H groups in total. The van der Waals surface area contributed by atoms with Gasteiger partial charge in [-0.05, 0) is 55.2 Å². The van der Waals surface area contributed by atoms with Crippen molar-refractivity contribution in [2.45, 2.75) is 30.3 Å². The molecule has 0 aromatic heterocycles. The minimum Gasteiger partial charge on any atom is -0.495 e. The topological polar surface area (TPSA) is 105 Å². The standard InChI is InChI=1S/C30H32ClN3O6S/c1-39-26-14-13-23(18-24(26)31)41(37,38)33-17-7-10-22(19-33)30(36)34-20-28(40-27-12-6-5-11-25(27)34)29(35)32-16-15-21-8-3-2-4-9-21/h2-6,8-9,11-14,18,22,28H,7,10,15-17,19-20H2,1H3,(H,32,35)/t22-,28-/m1/s1. The van der Waals surface area contributed by atoms with Crippen LogP contribution in [0, 0.1) is 5.92 Å². The van der Waals surface area contributed by atoms with Crippen molar-refractivity contribution in [3.8, 4) is 11.5 Å². The Bertz CT molecular complexity index is 1520. The number of carbonyl (C=O) groups is 2. The van der Waals surface area contributed by atoms with Crippen LogP contribution in [-0.4, -0.2) is 63.9 Å². The number of nitrogens with one attached hydrogen (secondary N) is 1. The Kier molecular flexibility index (Phi) is 8.82. The van der Waals surface area contributed by atoms with Crippen LogP contribution in [0.3, 0.4) is 0 Å². The van der Waals surface area contributed by atoms with Crippen molar-refractivity contribution in [3.05, 3.63) is 83.4 Å². The predicted molar refractivity (Wildman–Crippen MR) is 156 cm³/mol. The molecule has 9 nitrogen and oxygen atoms in total. The lowest BCUT2D eigenvalue weighted by molar-refractivity contribution is -0.129. The van der Waals surface area contributed by atoms with E-state index < -0.39 is 22.0 Å². The molecule has 2 atom stereocenters. The second kappa shape index (κ2) is 12.5. The second-order valence-corrected chi connectivity index (χ2v) is 12.4. The summed E-state index contributed by atoms with van der Waals surface area (Å²) in [5, 5.41) is 3.11. The zero-order chi connectivity index (χ0) is 29.0. The van der Waals surface area contributed by atoms with Gasteiger partial charge in [0.05, 0.1) is 35.2 Å². The molecule has 2 amide bonds. The van der Waals surface area contributed by atoms with Crippen LogP contribution in [0.5, 0.6) is 11.5 Å². The van der Waals surface area contributed by atoms with Crippen molar-refractivity contribution in [1.82, 2.24) is 9.62 Å². The highest BCUT2D eigenvalue weighted by Gasteiger charge is 2.39. The van der Waals surface area contributed by atoms with Gasteiger partial charge in [0.15, 0.2) is 6.10 Å². The lowest BCUT2D eigenvalue weighted by atomic mass is 9.97. The van der Waals surface area contributed by atoms with Crippen molar-refractivity contribution in [2.24, 2.45) is 5.92 Å². The Labute approximate surface area is 245 Å². The monoisotopic (exact) mass is 597 g/mol. The van der Waals surface area contributed by atoms with Gasteiger partial charge in [0, 0.05) is 19.6 Å². The number of anilines is 1. The van der Waals surface area contributed by atoms with E-state index in [0.717, 1.165) is 5.56 Å². The number of carbonyl (C=O) groups excluding carboxylic acids is 2. The Morgan fingerprint density at radius 1 is 1.05 bits per heavy atom. The molecule has 5 rings (SSSR count). The van der Waals surface area contributed by atoms with Crippen molar-refractivity contribution in [1.29, 1.82) is 0 Å². The number of amides is 2. The number of rotatable bonds is 8. The molecule has 1 saturated heterocycles. The van der Waals surface area contributed by atoms with Gasteiger partial charge in [-0.2, -0.15) is 4.31 Å². The maximum absolute atomic E-state index is 13.9. The number of halogens is 1. The molecule has 2 heterocycles. The van der Waals surface area contributed by atoms with Crippen LogP contribution < -0.4 is 19.7 Å². The fraction of sp³-hybridized carbons (Fsp3) is 0.333. The summed E-state index contributed by atoms with van der Waals surface area (Å²) in [5.74, 6) is -0.321. The van der Waals surface area contributed by atoms with E-state index >= 15 is 0 Å². The van der Waals surface area contributed by atoms with E-state index in [1.54, 1.807) is 29.2 Å². The normalized spacial score (nSPS) is 19.1. The fourth-order valence-corrected chi connectivity index (χ4v) is 7.08. The summed E-state index contributed by atoms with van der Waals surface area (Å²) in [7, 11) is -2.43. The summed E-state index contributed by atoms with van der Waals surface area (Å²) in [6, 6.07) is 21.2. The first-order valence-corrected chi connectivity index (χ1v) is 15.3. The molecule has 3 aromatic rings. The Morgan fingerprint density at radius 2 is 1.80 bits per heavy atom. The first-order valence-electron chi connectivity index (χ1n) is 13.5. The number of fused-ring (bicyclic) bond motifs is 1. The second-order valence-electron chi connectivity index (χ2n) is 10.0. The average Bonchev–Trinajstić information content (AvgIpc) is 3.00. The van der Waals surface area contributed by atoms with Gasteiger partial charge < -0.3 is 19.7 Å². The SMILES string of the molecule is COc1ccc(S(=O)(=O)N2CCC[C@@H](C(=O)N3C[C@H](C(=O)NCCc4ccccc4)Oc4ccccc43)C2)cc1Cl. The van der Waals surface area contributed by atoms with E-state index in [1.807, 2.05) is 30.3 Å². The quantitative estimate of drug-likeness (QED) is 0.422. The van der Waals surface area contributed by atoms with Gasteiger partial charge >= 0.3 is 0 Å². The van der Waals surface area contributed by atoms with Crippen LogP contribution in [0.15, 0.2) is 77.7 Å². The lowest BCUT2D eigenvalue weighted by Gasteiger charge is -2.38. The zero-order valence-corrected chi connectivity index (χ0v) is 24.2. The molecule has 41 heavy (non-hydrogen) atoms. The Hall–Kier alpha value is -3.60. The van der Waals surface area contributed by atoms with E-state index in [-0.39, 0.29) is 34.8 Å². The number of hydrogen-bond acceptors (Lipinski definition) is 6. The number of piperidine rings is 1. The molecule has 0 radical (unpaired) electrons. The maximum atomic E-state index is 13.9. The number of ether oxygens (including phenoxy) is 2. The predicted octanol–water partition coefficient (Wildman–Crippen LogP) is 3.90. The number of methoxy groups -OCH3 is 1. The molecule has 2 aliphatic rings. The highest BCUT2D eigenvalue weighted by atomic mass is 35.5. The first-order chi connectivity index (χ1) is 19.8. The van der Waals surface area contributed by atoms with Gasteiger partial charge in [0.2, 0.25) is 15.9 Å². The minimum atomic E-state index is -3.89. The van der Waals surface area contributed by atoms with Gasteiger partial charge in [-0.25, -0.2) is 8.42 Å². The average molecular weight is 598 g/mol. The largest absolute Gasteiger partial charge is 0.495 e. The van der Waals surface area contributed by atoms with Gasteiger partial charge in [-0.15, -0.1) is 0 Å². The molecule has 0 bridgehead atoms. The molecule has 2 aliphatic heterocycles. The number of benzene rings is 3. The number of nitrogens with zero attached hydrogens (tertiary/aromatic N) is 2. The van der Waals surface area contributed by atoms with Crippen LogP contribution in [0.4, 0.5) is 5.69 Å². The third-order valence-electron chi connectivity index (χ3n) is 7.38. The smallest absolute Gasteiger partial charge is 0.262 e. The summed E-state index contributed by atoms with van der Waals surface area (Å²) in [4.78, 5) is 28.6. The van der Waals surface area contributed by atoms with Gasteiger partial charge in [0.1, 0.15) is 11.5 Å². The first kappa shape index (κ1) is 28.9. The zero-order valence-electron chi connectivity index (χ0n) is 22.7. The van der Waals surface area contributed by atoms with Gasteiger partial charge in [0.25, 0.3) is 5.91 Å². The summed E-state index contributed by atoms with van der Waals surface area (Å²) < 4.78 is 39.4. The van der Waals surface area contributed by atoms with Crippen LogP contribution in [0.2, 0.25) is 5.02 Å². The molecule has 216 valence electrons. The summed E-state index contributed by atoms with van der Waals surface area (Å²) in [6.45, 7) is 0.785. The summed E-state index contributed by atoms with van der Waals surface area (Å²) in [6.07, 6.45) is 0.829. The Morgan fingerprint density at radius 3 is 2.56 bits per heavy atom. The fourth-order valence-electron chi connectivity index (χ4n) is 5.21. The molecule has 0 saturated carbocycles. The summed E-state index contributed by atoms with van der Waals surface area (Å²) in [5.41, 5.74) is 1.67. The maximum Gasteiger partial charge on any atom is 0.262 e. The van der Waals surface area contributed by atoms with E-state index in [1.165, 1.54) is 29.6 Å². The van der Waals surface area contributed by atoms with E-state index in [0.29, 0.717) is 49.5 Å². The number of sulfonamides is 1. The number of para-hydroxylation sites is 2. The van der Waals surface area contributed by atoms with Crippen LogP contribution in [0.1, 0.15) is 18.4 Å². The molecule has 11 heteroatoms. The molecule has 0 spiro atoms. The molecule has 0 aliphatic carbocycles. The van der Waals surface area contributed by atoms with Crippen LogP contribution >= 0.6 is 11.6 Å². The summed E-state index contributed by atoms with van der Waals surface area (Å²) >= 11 is 6.19. The molecular formula is C30H32ClN3O6S. The van der Waals surface area contributed by atoms with Crippen molar-refractivity contribution < 1.29 is 27.5 Å². The van der Waals surface area contributed by atoms with E-state index in [9.17, 15) is 18.0 Å². The minimum absolute atomic E-state index is 0.0261. The lowest BCUT2D eigenvalue weighted by Crippen LogP contribution is -2.54. The third kappa shape index (κ3) is 6.34. The van der Waals surface area contributed by atoms with Crippen LogP contribution in [-0.2, 0) is 26.0 Å². The molecular weight excluding hydrogens is 566 g/mol. The van der Waals surface area contributed by atoms with E-state index in [4.69, 9.17) is 21.1 Å². The third-order valence-corrected chi connectivity index (χ3v) is 9.54. The van der Waals surface area contributed by atoms with Crippen molar-refractivity contribution >= 4 is 39.1 Å². The van der Waals surface area contributed by atoms with Crippen molar-refractivity contribution in [2.75, 3.05) is 38.2 Å². The van der Waals surface area contributed by atoms with E-state index in [2.05, 4.69) is 5.32 Å². The van der Waals surface area contributed by atoms with Crippen LogP contribution in [0.25, 0.3) is 0 Å². The molecule has 3 aromatic carbocycles. The highest BCUT2D eigenvalue weighted by molar-refractivity contribution is 7.89. The van der Waals surface area contributed by atoms with Gasteiger partial charge in [-0.3, -0.25) is 9.59 Å². The van der Waals surface area contributed by atoms with Crippen molar-refractivity contribution in [3.63, 3.8) is 0 Å². The Balaban J connectivity index is 1.30.